The van der Waals surface area contributed by atoms with Crippen molar-refractivity contribution in [1.29, 1.82) is 0 Å². The number of sulfone groups is 1. The van der Waals surface area contributed by atoms with Gasteiger partial charge in [0.2, 0.25) is 0 Å². The second kappa shape index (κ2) is 6.51. The highest BCUT2D eigenvalue weighted by Crippen LogP contribution is 2.17. The molecule has 1 atom stereocenters. The average molecular weight is 280 g/mol. The maximum atomic E-state index is 11.2. The van der Waals surface area contributed by atoms with Gasteiger partial charge in [-0.3, -0.25) is 0 Å². The summed E-state index contributed by atoms with van der Waals surface area (Å²) in [7, 11) is 1.12. The van der Waals surface area contributed by atoms with Crippen molar-refractivity contribution < 1.29 is 13.2 Å². The van der Waals surface area contributed by atoms with Crippen LogP contribution >= 0.6 is 12.2 Å². The molecule has 0 spiro atoms. The summed E-state index contributed by atoms with van der Waals surface area (Å²) in [5.74, 6) is 0.726. The zero-order valence-corrected chi connectivity index (χ0v) is 11.9. The van der Waals surface area contributed by atoms with Crippen LogP contribution in [-0.4, -0.2) is 63.8 Å². The predicted molar refractivity (Wildman–Crippen MR) is 71.9 cm³/mol. The van der Waals surface area contributed by atoms with E-state index in [1.807, 2.05) is 19.0 Å². The van der Waals surface area contributed by atoms with Crippen molar-refractivity contribution in [3.63, 3.8) is 0 Å². The summed E-state index contributed by atoms with van der Waals surface area (Å²) in [5.41, 5.74) is 0. The van der Waals surface area contributed by atoms with Crippen molar-refractivity contribution in [3.8, 4) is 0 Å². The van der Waals surface area contributed by atoms with Crippen LogP contribution in [0.3, 0.4) is 0 Å². The Kier molecular flexibility index (Phi) is 5.61. The Hall–Kier alpha value is -0.400. The highest BCUT2D eigenvalue weighted by atomic mass is 32.2. The second-order valence-corrected chi connectivity index (χ2v) is 7.19. The number of rotatable bonds is 5. The van der Waals surface area contributed by atoms with Crippen LogP contribution in [-0.2, 0) is 14.6 Å². The Morgan fingerprint density at radius 3 is 2.76 bits per heavy atom. The molecule has 0 saturated carbocycles. The summed E-state index contributed by atoms with van der Waals surface area (Å²) in [6.07, 6.45) is 0.718. The first kappa shape index (κ1) is 14.7. The maximum Gasteiger partial charge on any atom is 0.256 e. The molecule has 0 bridgehead atoms. The Morgan fingerprint density at radius 2 is 2.24 bits per heavy atom. The number of nitrogens with one attached hydrogen (secondary N) is 1. The van der Waals surface area contributed by atoms with E-state index in [1.165, 1.54) is 0 Å². The molecule has 100 valence electrons. The molecule has 0 radical (unpaired) electrons. The van der Waals surface area contributed by atoms with Gasteiger partial charge in [-0.05, 0) is 38.7 Å². The van der Waals surface area contributed by atoms with Gasteiger partial charge in [0, 0.05) is 13.1 Å². The van der Waals surface area contributed by atoms with Gasteiger partial charge in [-0.1, -0.05) is 0 Å². The molecule has 7 heteroatoms. The molecule has 1 heterocycles. The van der Waals surface area contributed by atoms with Crippen LogP contribution in [0.2, 0.25) is 0 Å². The Balaban J connectivity index is 2.12. The third-order valence-corrected chi connectivity index (χ3v) is 4.73. The van der Waals surface area contributed by atoms with Crippen LogP contribution in [0.15, 0.2) is 0 Å². The molecule has 0 amide bonds. The van der Waals surface area contributed by atoms with Crippen molar-refractivity contribution in [2.75, 3.05) is 45.3 Å². The molecule has 1 aliphatic heterocycles. The van der Waals surface area contributed by atoms with Crippen LogP contribution in [0.4, 0.5) is 0 Å². The first-order valence-electron chi connectivity index (χ1n) is 5.65. The second-order valence-electron chi connectivity index (χ2n) is 4.59. The standard InChI is InChI=1S/C10H20N2O3S2/c1-12(2)4-5-15-10(16)11-7-9-3-6-17(13,14)8-9/h9H,3-8H2,1-2H3,(H,11,16). The number of ether oxygens (including phenoxy) is 1. The summed E-state index contributed by atoms with van der Waals surface area (Å²) in [4.78, 5) is 2.01. The van der Waals surface area contributed by atoms with Crippen molar-refractivity contribution in [3.05, 3.63) is 0 Å². The highest BCUT2D eigenvalue weighted by molar-refractivity contribution is 7.91. The van der Waals surface area contributed by atoms with Crippen LogP contribution < -0.4 is 5.32 Å². The zero-order chi connectivity index (χ0) is 12.9. The Morgan fingerprint density at radius 1 is 1.53 bits per heavy atom. The van der Waals surface area contributed by atoms with E-state index in [2.05, 4.69) is 5.32 Å². The number of nitrogens with zero attached hydrogens (tertiary/aromatic N) is 1. The van der Waals surface area contributed by atoms with E-state index in [-0.39, 0.29) is 11.7 Å². The van der Waals surface area contributed by atoms with Gasteiger partial charge in [0.05, 0.1) is 11.5 Å². The Labute approximate surface area is 108 Å². The molecule has 0 aromatic carbocycles. The summed E-state index contributed by atoms with van der Waals surface area (Å²) in [6.45, 7) is 1.93. The molecule has 1 aliphatic rings. The molecule has 1 saturated heterocycles. The highest BCUT2D eigenvalue weighted by Gasteiger charge is 2.27. The third-order valence-electron chi connectivity index (χ3n) is 2.63. The first-order valence-corrected chi connectivity index (χ1v) is 7.88. The minimum Gasteiger partial charge on any atom is -0.470 e. The topological polar surface area (TPSA) is 58.6 Å². The molecule has 0 aromatic heterocycles. The van der Waals surface area contributed by atoms with Gasteiger partial charge in [0.15, 0.2) is 9.84 Å². The predicted octanol–water partition coefficient (Wildman–Crippen LogP) is -0.126. The molecule has 0 aliphatic carbocycles. The van der Waals surface area contributed by atoms with E-state index in [0.29, 0.717) is 24.1 Å². The van der Waals surface area contributed by atoms with Gasteiger partial charge < -0.3 is 15.0 Å². The monoisotopic (exact) mass is 280 g/mol. The fourth-order valence-electron chi connectivity index (χ4n) is 1.63. The van der Waals surface area contributed by atoms with Gasteiger partial charge in [-0.25, -0.2) is 8.42 Å². The number of hydrogen-bond acceptors (Lipinski definition) is 5. The zero-order valence-electron chi connectivity index (χ0n) is 10.3. The van der Waals surface area contributed by atoms with E-state index < -0.39 is 9.84 Å². The molecule has 1 N–H and O–H groups in total. The van der Waals surface area contributed by atoms with Crippen LogP contribution in [0.1, 0.15) is 6.42 Å². The smallest absolute Gasteiger partial charge is 0.256 e. The van der Waals surface area contributed by atoms with Gasteiger partial charge >= 0.3 is 0 Å². The molecular formula is C10H20N2O3S2. The third kappa shape index (κ3) is 6.18. The van der Waals surface area contributed by atoms with Gasteiger partial charge in [0.25, 0.3) is 5.17 Å². The van der Waals surface area contributed by atoms with Crippen LogP contribution in [0.5, 0.6) is 0 Å². The average Bonchev–Trinajstić information content (AvgIpc) is 2.55. The summed E-state index contributed by atoms with van der Waals surface area (Å²) < 4.78 is 27.8. The number of likely N-dealkylation sites (N-methyl/N-ethyl adjacent to an activating group) is 1. The van der Waals surface area contributed by atoms with Gasteiger partial charge in [-0.2, -0.15) is 0 Å². The van der Waals surface area contributed by atoms with Crippen molar-refractivity contribution in [1.82, 2.24) is 10.2 Å². The lowest BCUT2D eigenvalue weighted by atomic mass is 10.1. The summed E-state index contributed by atoms with van der Waals surface area (Å²) >= 11 is 5.00. The van der Waals surface area contributed by atoms with E-state index in [4.69, 9.17) is 17.0 Å². The molecule has 5 nitrogen and oxygen atoms in total. The first-order chi connectivity index (χ1) is 7.89. The van der Waals surface area contributed by atoms with E-state index in [0.717, 1.165) is 13.0 Å². The largest absolute Gasteiger partial charge is 0.470 e. The van der Waals surface area contributed by atoms with E-state index >= 15 is 0 Å². The SMILES string of the molecule is CN(C)CCOC(=S)NCC1CCS(=O)(=O)C1. The minimum absolute atomic E-state index is 0.162. The van der Waals surface area contributed by atoms with E-state index in [1.54, 1.807) is 0 Å². The molecule has 0 aromatic rings. The number of thiocarbonyl (C=S) groups is 1. The summed E-state index contributed by atoms with van der Waals surface area (Å²) in [5, 5.41) is 3.32. The quantitative estimate of drug-likeness (QED) is 0.708. The van der Waals surface area contributed by atoms with Gasteiger partial charge in [-0.15, -0.1) is 0 Å². The molecular weight excluding hydrogens is 260 g/mol. The van der Waals surface area contributed by atoms with Crippen molar-refractivity contribution in [2.45, 2.75) is 6.42 Å². The normalized spacial score (nSPS) is 22.6. The maximum absolute atomic E-state index is 11.2. The summed E-state index contributed by atoms with van der Waals surface area (Å²) in [6, 6.07) is 0. The molecule has 1 fully saturated rings. The molecule has 1 unspecified atom stereocenters. The van der Waals surface area contributed by atoms with Crippen molar-refractivity contribution >= 4 is 27.2 Å². The van der Waals surface area contributed by atoms with Crippen molar-refractivity contribution in [2.24, 2.45) is 5.92 Å². The fraction of sp³-hybridized carbons (Fsp3) is 0.900. The van der Waals surface area contributed by atoms with Crippen LogP contribution in [0, 0.1) is 5.92 Å². The van der Waals surface area contributed by atoms with E-state index in [9.17, 15) is 8.42 Å². The van der Waals surface area contributed by atoms with Gasteiger partial charge in [0.1, 0.15) is 6.61 Å². The fourth-order valence-corrected chi connectivity index (χ4v) is 3.66. The van der Waals surface area contributed by atoms with Crippen LogP contribution in [0.25, 0.3) is 0 Å². The lowest BCUT2D eigenvalue weighted by Gasteiger charge is -2.14. The lowest BCUT2D eigenvalue weighted by molar-refractivity contribution is 0.247. The number of hydrogen-bond donors (Lipinski definition) is 1. The molecule has 1 rings (SSSR count). The lowest BCUT2D eigenvalue weighted by Crippen LogP contribution is -2.31. The Bertz CT molecular complexity index is 355. The molecule has 17 heavy (non-hydrogen) atoms. The minimum atomic E-state index is -2.80.